The molecule has 0 aliphatic rings. The molecule has 160 valence electrons. The number of sulfone groups is 1. The summed E-state index contributed by atoms with van der Waals surface area (Å²) < 4.78 is 37.2. The Morgan fingerprint density at radius 2 is 1.90 bits per heavy atom. The van der Waals surface area contributed by atoms with Gasteiger partial charge in [0.05, 0.1) is 15.6 Å². The molecule has 2 heterocycles. The van der Waals surface area contributed by atoms with Gasteiger partial charge >= 0.3 is 0 Å². The largest absolute Gasteiger partial charge is 0.455 e. The average molecular weight is 523 g/mol. The molecule has 0 amide bonds. The molecule has 4 rings (SSSR count). The van der Waals surface area contributed by atoms with Crippen molar-refractivity contribution in [2.45, 2.75) is 11.6 Å². The van der Waals surface area contributed by atoms with Crippen molar-refractivity contribution in [1.82, 2.24) is 14.8 Å². The number of pyridine rings is 1. The lowest BCUT2D eigenvalue weighted by Gasteiger charge is -2.12. The van der Waals surface area contributed by atoms with Crippen LogP contribution in [0.3, 0.4) is 0 Å². The Morgan fingerprint density at radius 1 is 1.16 bits per heavy atom. The minimum Gasteiger partial charge on any atom is -0.455 e. The fourth-order valence-corrected chi connectivity index (χ4v) is 4.51. The van der Waals surface area contributed by atoms with Crippen molar-refractivity contribution >= 4 is 48.3 Å². The van der Waals surface area contributed by atoms with E-state index in [4.69, 9.17) is 21.1 Å². The van der Waals surface area contributed by atoms with Crippen molar-refractivity contribution in [3.8, 4) is 22.8 Å². The van der Waals surface area contributed by atoms with Crippen LogP contribution in [-0.2, 0) is 21.3 Å². The van der Waals surface area contributed by atoms with Crippen molar-refractivity contribution in [3.63, 3.8) is 0 Å². The lowest BCUT2D eigenvalue weighted by Crippen LogP contribution is -2.03. The molecule has 7 nitrogen and oxygen atoms in total. The van der Waals surface area contributed by atoms with Crippen LogP contribution in [0.25, 0.3) is 22.2 Å². The highest BCUT2D eigenvalue weighted by atomic mass is 79.9. The van der Waals surface area contributed by atoms with Crippen LogP contribution < -0.4 is 4.74 Å². The second kappa shape index (κ2) is 8.58. The highest BCUT2D eigenvalue weighted by Crippen LogP contribution is 2.39. The van der Waals surface area contributed by atoms with Crippen LogP contribution in [-0.4, -0.2) is 36.5 Å². The second-order valence-electron chi connectivity index (χ2n) is 6.76. The van der Waals surface area contributed by atoms with Gasteiger partial charge in [0.15, 0.2) is 15.6 Å². The van der Waals surface area contributed by atoms with E-state index in [9.17, 15) is 8.42 Å². The third-order valence-electron chi connectivity index (χ3n) is 4.53. The lowest BCUT2D eigenvalue weighted by molar-refractivity contribution is 0.124. The Morgan fingerprint density at radius 3 is 2.55 bits per heavy atom. The summed E-state index contributed by atoms with van der Waals surface area (Å²) in [7, 11) is -1.72. The molecular weight excluding hydrogens is 506 g/mol. The molecular formula is C21H17BrClN3O4S. The normalized spacial score (nSPS) is 11.7. The van der Waals surface area contributed by atoms with Gasteiger partial charge in [-0.1, -0.05) is 11.6 Å². The summed E-state index contributed by atoms with van der Waals surface area (Å²) in [6, 6.07) is 13.5. The Bertz CT molecular complexity index is 1370. The summed E-state index contributed by atoms with van der Waals surface area (Å²) in [5, 5.41) is 5.78. The van der Waals surface area contributed by atoms with Gasteiger partial charge in [0.2, 0.25) is 0 Å². The van der Waals surface area contributed by atoms with Gasteiger partial charge in [-0.05, 0) is 64.5 Å². The van der Waals surface area contributed by atoms with Crippen molar-refractivity contribution in [2.24, 2.45) is 0 Å². The predicted octanol–water partition coefficient (Wildman–Crippen LogP) is 5.31. The van der Waals surface area contributed by atoms with Crippen LogP contribution >= 0.6 is 27.5 Å². The number of hydrogen-bond donors (Lipinski definition) is 0. The van der Waals surface area contributed by atoms with E-state index in [0.717, 1.165) is 17.2 Å². The van der Waals surface area contributed by atoms with Gasteiger partial charge in [-0.15, -0.1) is 0 Å². The molecule has 0 bridgehead atoms. The number of methoxy groups -OCH3 is 1. The van der Waals surface area contributed by atoms with Crippen LogP contribution in [0.5, 0.6) is 11.5 Å². The average Bonchev–Trinajstić information content (AvgIpc) is 3.04. The smallest absolute Gasteiger partial charge is 0.175 e. The second-order valence-corrected chi connectivity index (χ2v) is 9.93. The zero-order valence-electron chi connectivity index (χ0n) is 16.5. The summed E-state index contributed by atoms with van der Waals surface area (Å²) in [5.74, 6) is 0.968. The summed E-state index contributed by atoms with van der Waals surface area (Å²) in [6.07, 6.45) is 2.83. The highest BCUT2D eigenvalue weighted by molar-refractivity contribution is 9.10. The van der Waals surface area contributed by atoms with Gasteiger partial charge in [-0.2, -0.15) is 5.10 Å². The predicted molar refractivity (Wildman–Crippen MR) is 122 cm³/mol. The van der Waals surface area contributed by atoms with E-state index in [1.54, 1.807) is 42.3 Å². The number of ether oxygens (including phenoxy) is 2. The number of halogens is 2. The van der Waals surface area contributed by atoms with Crippen molar-refractivity contribution in [3.05, 3.63) is 64.4 Å². The van der Waals surface area contributed by atoms with Gasteiger partial charge in [0.25, 0.3) is 0 Å². The van der Waals surface area contributed by atoms with E-state index in [1.807, 2.05) is 12.1 Å². The number of benzene rings is 2. The molecule has 4 aromatic rings. The lowest BCUT2D eigenvalue weighted by atomic mass is 10.1. The van der Waals surface area contributed by atoms with Gasteiger partial charge in [0, 0.05) is 30.5 Å². The maximum Gasteiger partial charge on any atom is 0.175 e. The number of aromatic nitrogens is 3. The van der Waals surface area contributed by atoms with Gasteiger partial charge in [-0.3, -0.25) is 4.98 Å². The van der Waals surface area contributed by atoms with Crippen LogP contribution in [0.1, 0.15) is 0 Å². The Hall–Kier alpha value is -2.46. The Kier molecular flexibility index (Phi) is 6.02. The van der Waals surface area contributed by atoms with Gasteiger partial charge in [0.1, 0.15) is 22.6 Å². The summed E-state index contributed by atoms with van der Waals surface area (Å²) in [5.41, 5.74) is 2.06. The Balaban J connectivity index is 1.88. The number of hydrogen-bond acceptors (Lipinski definition) is 6. The van der Waals surface area contributed by atoms with Crippen LogP contribution in [0.2, 0.25) is 5.02 Å². The van der Waals surface area contributed by atoms with E-state index >= 15 is 0 Å². The summed E-state index contributed by atoms with van der Waals surface area (Å²) >= 11 is 9.87. The molecule has 0 saturated heterocycles. The monoisotopic (exact) mass is 521 g/mol. The van der Waals surface area contributed by atoms with E-state index in [1.165, 1.54) is 12.1 Å². The minimum absolute atomic E-state index is 0.214. The molecule has 0 N–H and O–H groups in total. The van der Waals surface area contributed by atoms with E-state index < -0.39 is 9.84 Å². The van der Waals surface area contributed by atoms with E-state index in [-0.39, 0.29) is 11.6 Å². The summed E-state index contributed by atoms with van der Waals surface area (Å²) in [4.78, 5) is 4.61. The highest BCUT2D eigenvalue weighted by Gasteiger charge is 2.18. The first kappa shape index (κ1) is 21.8. The van der Waals surface area contributed by atoms with Crippen molar-refractivity contribution in [1.29, 1.82) is 0 Å². The molecule has 0 saturated carbocycles. The zero-order chi connectivity index (χ0) is 22.2. The van der Waals surface area contributed by atoms with Crippen LogP contribution in [0.15, 0.2) is 64.2 Å². The number of nitrogens with zero attached hydrogens (tertiary/aromatic N) is 3. The fraction of sp³-hybridized carbons (Fsp3) is 0.143. The maximum absolute atomic E-state index is 11.7. The third-order valence-corrected chi connectivity index (χ3v) is 6.55. The number of rotatable bonds is 6. The SMILES string of the molecule is COCn1nc(Br)c2cc(-c3ncccc3Cl)cc(Oc3ccc(S(C)(=O)=O)cc3)c21. The molecule has 0 unspecified atom stereocenters. The molecule has 0 aliphatic heterocycles. The first-order valence-corrected chi connectivity index (χ1v) is 12.1. The standard InChI is InChI=1S/C21H17BrClN3O4S/c1-29-12-26-20-16(21(22)25-26)10-13(19-17(23)4-3-9-24-19)11-18(20)30-14-5-7-15(8-6-14)31(2,27)28/h3-11H,12H2,1-2H3. The molecule has 31 heavy (non-hydrogen) atoms. The molecule has 0 fully saturated rings. The molecule has 2 aromatic heterocycles. The molecule has 0 atom stereocenters. The topological polar surface area (TPSA) is 83.3 Å². The summed E-state index contributed by atoms with van der Waals surface area (Å²) in [6.45, 7) is 0.217. The molecule has 0 spiro atoms. The van der Waals surface area contributed by atoms with Crippen molar-refractivity contribution in [2.75, 3.05) is 13.4 Å². The molecule has 10 heteroatoms. The first-order chi connectivity index (χ1) is 14.8. The van der Waals surface area contributed by atoms with E-state index in [2.05, 4.69) is 26.0 Å². The van der Waals surface area contributed by atoms with Crippen molar-refractivity contribution < 1.29 is 17.9 Å². The van der Waals surface area contributed by atoms with Gasteiger partial charge in [-0.25, -0.2) is 13.1 Å². The minimum atomic E-state index is -3.30. The fourth-order valence-electron chi connectivity index (χ4n) is 3.15. The van der Waals surface area contributed by atoms with Gasteiger partial charge < -0.3 is 9.47 Å². The number of fused-ring (bicyclic) bond motifs is 1. The van der Waals surface area contributed by atoms with Crippen LogP contribution in [0.4, 0.5) is 0 Å². The molecule has 2 aromatic carbocycles. The molecule has 0 radical (unpaired) electrons. The quantitative estimate of drug-likeness (QED) is 0.341. The Labute approximate surface area is 192 Å². The maximum atomic E-state index is 11.7. The molecule has 0 aliphatic carbocycles. The first-order valence-electron chi connectivity index (χ1n) is 9.06. The van der Waals surface area contributed by atoms with E-state index in [0.29, 0.717) is 32.3 Å². The van der Waals surface area contributed by atoms with Crippen LogP contribution in [0, 0.1) is 0 Å². The zero-order valence-corrected chi connectivity index (χ0v) is 19.7. The third kappa shape index (κ3) is 4.45.